The third-order valence-electron chi connectivity index (χ3n) is 1.16. The maximum atomic E-state index is 10.1. The summed E-state index contributed by atoms with van der Waals surface area (Å²) in [4.78, 5) is 14.0. The minimum absolute atomic E-state index is 0.114. The lowest BCUT2D eigenvalue weighted by Crippen LogP contribution is -1.97. The van der Waals surface area contributed by atoms with Gasteiger partial charge in [-0.1, -0.05) is 0 Å². The van der Waals surface area contributed by atoms with Crippen LogP contribution in [0, 0.1) is 0 Å². The lowest BCUT2D eigenvalue weighted by molar-refractivity contribution is -0.136. The van der Waals surface area contributed by atoms with Crippen molar-refractivity contribution in [3.63, 3.8) is 0 Å². The largest absolute Gasteiger partial charge is 0.481 e. The Kier molecular flexibility index (Phi) is 2.43. The second-order valence-electron chi connectivity index (χ2n) is 2.07. The molecule has 0 spiro atoms. The van der Waals surface area contributed by atoms with E-state index in [4.69, 9.17) is 10.8 Å². The van der Waals surface area contributed by atoms with Crippen LogP contribution >= 0.6 is 11.3 Å². The van der Waals surface area contributed by atoms with Gasteiger partial charge in [0.05, 0.1) is 12.1 Å². The average Bonchev–Trinajstić information content (AvgIpc) is 2.31. The molecule has 0 aliphatic rings. The van der Waals surface area contributed by atoms with Gasteiger partial charge in [-0.05, 0) is 0 Å². The van der Waals surface area contributed by atoms with Gasteiger partial charge >= 0.3 is 5.97 Å². The molecule has 0 unspecified atom stereocenters. The van der Waals surface area contributed by atoms with Gasteiger partial charge < -0.3 is 10.8 Å². The summed E-state index contributed by atoms with van der Waals surface area (Å²) < 4.78 is 0. The number of anilines is 1. The number of nitrogen functional groups attached to an aromatic ring is 1. The molecule has 1 aromatic heterocycles. The Morgan fingerprint density at radius 2 is 2.55 bits per heavy atom. The van der Waals surface area contributed by atoms with E-state index >= 15 is 0 Å². The normalized spacial score (nSPS) is 9.82. The van der Waals surface area contributed by atoms with Gasteiger partial charge in [0, 0.05) is 11.8 Å². The van der Waals surface area contributed by atoms with E-state index in [-0.39, 0.29) is 6.42 Å². The Morgan fingerprint density at radius 1 is 1.82 bits per heavy atom. The van der Waals surface area contributed by atoms with Gasteiger partial charge in [-0.3, -0.25) is 4.79 Å². The van der Waals surface area contributed by atoms with Crippen LogP contribution in [0.15, 0.2) is 5.38 Å². The van der Waals surface area contributed by atoms with Crippen LogP contribution in [-0.2, 0) is 11.2 Å². The van der Waals surface area contributed by atoms with Crippen molar-refractivity contribution < 1.29 is 9.90 Å². The molecule has 0 saturated heterocycles. The molecule has 1 heterocycles. The van der Waals surface area contributed by atoms with Gasteiger partial charge in [0.25, 0.3) is 0 Å². The zero-order chi connectivity index (χ0) is 8.27. The maximum Gasteiger partial charge on any atom is 0.303 e. The van der Waals surface area contributed by atoms with Crippen molar-refractivity contribution in [2.75, 3.05) is 5.73 Å². The molecule has 5 heteroatoms. The first-order valence-electron chi connectivity index (χ1n) is 3.10. The summed E-state index contributed by atoms with van der Waals surface area (Å²) in [6.45, 7) is 0. The molecular formula is C6H8N2O2S. The lowest BCUT2D eigenvalue weighted by atomic mass is 10.3. The van der Waals surface area contributed by atoms with E-state index in [2.05, 4.69) is 4.98 Å². The number of carboxylic acid groups (broad SMARTS) is 1. The number of thiazole rings is 1. The number of rotatable bonds is 3. The fraction of sp³-hybridized carbons (Fsp3) is 0.333. The Morgan fingerprint density at radius 3 is 3.00 bits per heavy atom. The highest BCUT2D eigenvalue weighted by molar-refractivity contribution is 7.13. The van der Waals surface area contributed by atoms with Crippen molar-refractivity contribution in [3.05, 3.63) is 11.1 Å². The average molecular weight is 172 g/mol. The van der Waals surface area contributed by atoms with Gasteiger partial charge in [0.1, 0.15) is 0 Å². The van der Waals surface area contributed by atoms with Crippen LogP contribution < -0.4 is 5.73 Å². The van der Waals surface area contributed by atoms with Crippen molar-refractivity contribution in [1.29, 1.82) is 0 Å². The Balaban J connectivity index is 2.45. The van der Waals surface area contributed by atoms with Gasteiger partial charge in [-0.25, -0.2) is 4.98 Å². The summed E-state index contributed by atoms with van der Waals surface area (Å²) in [7, 11) is 0. The fourth-order valence-corrected chi connectivity index (χ4v) is 1.27. The third kappa shape index (κ3) is 2.55. The minimum Gasteiger partial charge on any atom is -0.481 e. The van der Waals surface area contributed by atoms with E-state index < -0.39 is 5.97 Å². The lowest BCUT2D eigenvalue weighted by Gasteiger charge is -1.89. The second-order valence-corrected chi connectivity index (χ2v) is 2.96. The predicted molar refractivity (Wildman–Crippen MR) is 42.5 cm³/mol. The first-order valence-corrected chi connectivity index (χ1v) is 3.98. The summed E-state index contributed by atoms with van der Waals surface area (Å²) in [6.07, 6.45) is 0.576. The van der Waals surface area contributed by atoms with Crippen LogP contribution in [-0.4, -0.2) is 16.1 Å². The number of aromatic nitrogens is 1. The molecule has 0 atom stereocenters. The van der Waals surface area contributed by atoms with Crippen molar-refractivity contribution in [1.82, 2.24) is 4.98 Å². The van der Waals surface area contributed by atoms with E-state index in [0.717, 1.165) is 5.69 Å². The van der Waals surface area contributed by atoms with Crippen LogP contribution in [0.2, 0.25) is 0 Å². The molecule has 4 nitrogen and oxygen atoms in total. The smallest absolute Gasteiger partial charge is 0.303 e. The van der Waals surface area contributed by atoms with Gasteiger partial charge in [-0.15, -0.1) is 11.3 Å². The monoisotopic (exact) mass is 172 g/mol. The molecule has 0 bridgehead atoms. The molecule has 0 fully saturated rings. The molecule has 0 radical (unpaired) electrons. The number of carboxylic acids is 1. The summed E-state index contributed by atoms with van der Waals surface area (Å²) in [6, 6.07) is 0. The van der Waals surface area contributed by atoms with Crippen LogP contribution in [0.25, 0.3) is 0 Å². The van der Waals surface area contributed by atoms with Gasteiger partial charge in [-0.2, -0.15) is 0 Å². The Bertz CT molecular complexity index is 259. The SMILES string of the molecule is Nc1nc(CCC(=O)O)cs1. The summed E-state index contributed by atoms with van der Waals surface area (Å²) in [5.74, 6) is -0.809. The third-order valence-corrected chi connectivity index (χ3v) is 1.89. The predicted octanol–water partition coefficient (Wildman–Crippen LogP) is 0.742. The molecule has 0 aromatic carbocycles. The molecule has 1 rings (SSSR count). The number of aliphatic carboxylic acids is 1. The molecule has 11 heavy (non-hydrogen) atoms. The van der Waals surface area contributed by atoms with E-state index in [9.17, 15) is 4.79 Å². The minimum atomic E-state index is -0.809. The van der Waals surface area contributed by atoms with Gasteiger partial charge in [0.2, 0.25) is 0 Å². The Labute approximate surface area is 67.7 Å². The standard InChI is InChI=1S/C6H8N2O2S/c7-6-8-4(3-11-6)1-2-5(9)10/h3H,1-2H2,(H2,7,8)(H,9,10). The number of hydrogen-bond donors (Lipinski definition) is 2. The summed E-state index contributed by atoms with van der Waals surface area (Å²) in [5, 5.41) is 10.6. The van der Waals surface area contributed by atoms with E-state index in [1.54, 1.807) is 5.38 Å². The van der Waals surface area contributed by atoms with Crippen molar-refractivity contribution in [2.45, 2.75) is 12.8 Å². The van der Waals surface area contributed by atoms with Crippen LogP contribution in [0.4, 0.5) is 5.13 Å². The number of nitrogens with zero attached hydrogens (tertiary/aromatic N) is 1. The zero-order valence-electron chi connectivity index (χ0n) is 5.78. The zero-order valence-corrected chi connectivity index (χ0v) is 6.60. The first kappa shape index (κ1) is 8.00. The number of nitrogens with two attached hydrogens (primary N) is 1. The molecule has 3 N–H and O–H groups in total. The van der Waals surface area contributed by atoms with Gasteiger partial charge in [0.15, 0.2) is 5.13 Å². The molecule has 0 amide bonds. The van der Waals surface area contributed by atoms with Crippen LogP contribution in [0.5, 0.6) is 0 Å². The molecule has 1 aromatic rings. The molecular weight excluding hydrogens is 164 g/mol. The van der Waals surface area contributed by atoms with Crippen molar-refractivity contribution in [3.8, 4) is 0 Å². The van der Waals surface area contributed by atoms with E-state index in [1.807, 2.05) is 0 Å². The van der Waals surface area contributed by atoms with Crippen molar-refractivity contribution in [2.24, 2.45) is 0 Å². The summed E-state index contributed by atoms with van der Waals surface area (Å²) >= 11 is 1.33. The first-order chi connectivity index (χ1) is 5.18. The molecule has 0 saturated carbocycles. The fourth-order valence-electron chi connectivity index (χ4n) is 0.672. The topological polar surface area (TPSA) is 76.2 Å². The van der Waals surface area contributed by atoms with Crippen LogP contribution in [0.1, 0.15) is 12.1 Å². The van der Waals surface area contributed by atoms with Crippen LogP contribution in [0.3, 0.4) is 0 Å². The second kappa shape index (κ2) is 3.34. The highest BCUT2D eigenvalue weighted by Crippen LogP contribution is 2.12. The van der Waals surface area contributed by atoms with E-state index in [0.29, 0.717) is 11.6 Å². The summed E-state index contributed by atoms with van der Waals surface area (Å²) in [5.41, 5.74) is 6.10. The highest BCUT2D eigenvalue weighted by atomic mass is 32.1. The van der Waals surface area contributed by atoms with Crippen molar-refractivity contribution >= 4 is 22.4 Å². The number of aryl methyl sites for hydroxylation is 1. The highest BCUT2D eigenvalue weighted by Gasteiger charge is 2.01. The number of hydrogen-bond acceptors (Lipinski definition) is 4. The molecule has 0 aliphatic heterocycles. The maximum absolute atomic E-state index is 10.1. The Hall–Kier alpha value is -1.10. The quantitative estimate of drug-likeness (QED) is 0.705. The molecule has 0 aliphatic carbocycles. The van der Waals surface area contributed by atoms with E-state index in [1.165, 1.54) is 11.3 Å². The number of carbonyl (C=O) groups is 1. The molecule has 60 valence electrons.